The highest BCUT2D eigenvalue weighted by molar-refractivity contribution is 4.54. The van der Waals surface area contributed by atoms with Crippen LogP contribution in [0.5, 0.6) is 0 Å². The molecule has 0 aromatic heterocycles. The topological polar surface area (TPSA) is 30.5 Å². The van der Waals surface area contributed by atoms with Gasteiger partial charge in [0, 0.05) is 19.8 Å². The van der Waals surface area contributed by atoms with E-state index >= 15 is 0 Å². The molecule has 0 radical (unpaired) electrons. The van der Waals surface area contributed by atoms with E-state index in [-0.39, 0.29) is 6.29 Å². The Labute approximate surface area is 114 Å². The summed E-state index contributed by atoms with van der Waals surface area (Å²) >= 11 is 0. The van der Waals surface area contributed by atoms with Gasteiger partial charge in [0.15, 0.2) is 6.29 Å². The number of hydrogen-bond donors (Lipinski definition) is 1. The molecule has 0 spiro atoms. The second-order valence-corrected chi connectivity index (χ2v) is 5.14. The molecule has 3 heteroatoms. The Morgan fingerprint density at radius 3 is 2.06 bits per heavy atom. The molecule has 0 saturated heterocycles. The molecule has 0 saturated carbocycles. The minimum absolute atomic E-state index is 0.0825. The lowest BCUT2D eigenvalue weighted by Crippen LogP contribution is -2.32. The third-order valence-electron chi connectivity index (χ3n) is 2.90. The molecule has 0 bridgehead atoms. The number of nitrogens with one attached hydrogen (secondary N) is 1. The second-order valence-electron chi connectivity index (χ2n) is 5.14. The van der Waals surface area contributed by atoms with Gasteiger partial charge in [0.25, 0.3) is 0 Å². The predicted molar refractivity (Wildman–Crippen MR) is 77.8 cm³/mol. The molecule has 0 fully saturated rings. The van der Waals surface area contributed by atoms with E-state index in [2.05, 4.69) is 19.2 Å². The smallest absolute Gasteiger partial charge is 0.169 e. The van der Waals surface area contributed by atoms with Crippen LogP contribution >= 0.6 is 0 Å². The van der Waals surface area contributed by atoms with Crippen LogP contribution in [0, 0.1) is 5.92 Å². The van der Waals surface area contributed by atoms with Gasteiger partial charge in [-0.25, -0.2) is 0 Å². The minimum atomic E-state index is -0.0825. The zero-order valence-corrected chi connectivity index (χ0v) is 12.8. The lowest BCUT2D eigenvalue weighted by Gasteiger charge is -2.17. The standard InChI is InChI=1S/C15H33NO2/c1-5-17-15(18-6-2)13-16-12-10-8-7-9-11-14(3)4/h14-16H,5-13H2,1-4H3. The molecular weight excluding hydrogens is 226 g/mol. The molecule has 0 aliphatic carbocycles. The van der Waals surface area contributed by atoms with E-state index in [0.29, 0.717) is 13.2 Å². The maximum Gasteiger partial charge on any atom is 0.169 e. The minimum Gasteiger partial charge on any atom is -0.352 e. The Morgan fingerprint density at radius 1 is 0.889 bits per heavy atom. The van der Waals surface area contributed by atoms with Crippen LogP contribution in [-0.2, 0) is 9.47 Å². The van der Waals surface area contributed by atoms with Crippen molar-refractivity contribution in [3.8, 4) is 0 Å². The summed E-state index contributed by atoms with van der Waals surface area (Å²) < 4.78 is 10.9. The van der Waals surface area contributed by atoms with Crippen molar-refractivity contribution in [1.29, 1.82) is 0 Å². The largest absolute Gasteiger partial charge is 0.352 e. The van der Waals surface area contributed by atoms with Crippen LogP contribution in [0.2, 0.25) is 0 Å². The van der Waals surface area contributed by atoms with Gasteiger partial charge in [-0.1, -0.05) is 39.5 Å². The van der Waals surface area contributed by atoms with Gasteiger partial charge < -0.3 is 14.8 Å². The van der Waals surface area contributed by atoms with Crippen molar-refractivity contribution in [1.82, 2.24) is 5.32 Å². The SMILES string of the molecule is CCOC(CNCCCCCCC(C)C)OCC. The van der Waals surface area contributed by atoms with Crippen molar-refractivity contribution in [2.24, 2.45) is 5.92 Å². The third-order valence-corrected chi connectivity index (χ3v) is 2.90. The highest BCUT2D eigenvalue weighted by Crippen LogP contribution is 2.08. The summed E-state index contributed by atoms with van der Waals surface area (Å²) in [6.07, 6.45) is 6.60. The predicted octanol–water partition coefficient (Wildman–Crippen LogP) is 3.58. The average molecular weight is 259 g/mol. The van der Waals surface area contributed by atoms with Gasteiger partial charge >= 0.3 is 0 Å². The van der Waals surface area contributed by atoms with Gasteiger partial charge in [-0.3, -0.25) is 0 Å². The van der Waals surface area contributed by atoms with Crippen molar-refractivity contribution in [2.75, 3.05) is 26.3 Å². The molecule has 0 atom stereocenters. The quantitative estimate of drug-likeness (QED) is 0.405. The number of ether oxygens (including phenoxy) is 2. The Bertz CT molecular complexity index is 157. The van der Waals surface area contributed by atoms with Crippen molar-refractivity contribution in [2.45, 2.75) is 66.1 Å². The Morgan fingerprint density at radius 2 is 1.50 bits per heavy atom. The fourth-order valence-electron chi connectivity index (χ4n) is 1.91. The zero-order chi connectivity index (χ0) is 13.6. The van der Waals surface area contributed by atoms with Crippen molar-refractivity contribution in [3.05, 3.63) is 0 Å². The first-order valence-electron chi connectivity index (χ1n) is 7.64. The van der Waals surface area contributed by atoms with E-state index < -0.39 is 0 Å². The van der Waals surface area contributed by atoms with Crippen LogP contribution in [-0.4, -0.2) is 32.6 Å². The first-order chi connectivity index (χ1) is 8.70. The summed E-state index contributed by atoms with van der Waals surface area (Å²) in [6.45, 7) is 11.9. The van der Waals surface area contributed by atoms with E-state index in [0.717, 1.165) is 19.0 Å². The molecule has 0 heterocycles. The first-order valence-corrected chi connectivity index (χ1v) is 7.64. The fraction of sp³-hybridized carbons (Fsp3) is 1.00. The Balaban J connectivity index is 3.26. The molecule has 110 valence electrons. The van der Waals surface area contributed by atoms with Gasteiger partial charge in [0.1, 0.15) is 0 Å². The Hall–Kier alpha value is -0.120. The van der Waals surface area contributed by atoms with E-state index in [1.54, 1.807) is 0 Å². The lowest BCUT2D eigenvalue weighted by atomic mass is 10.0. The summed E-state index contributed by atoms with van der Waals surface area (Å²) in [5.74, 6) is 0.848. The van der Waals surface area contributed by atoms with E-state index in [1.807, 2.05) is 13.8 Å². The van der Waals surface area contributed by atoms with Gasteiger partial charge in [0.2, 0.25) is 0 Å². The molecule has 0 aliphatic rings. The van der Waals surface area contributed by atoms with Gasteiger partial charge in [0.05, 0.1) is 0 Å². The number of unbranched alkanes of at least 4 members (excludes halogenated alkanes) is 3. The van der Waals surface area contributed by atoms with Crippen LogP contribution in [0.15, 0.2) is 0 Å². The number of hydrogen-bond acceptors (Lipinski definition) is 3. The molecule has 3 nitrogen and oxygen atoms in total. The summed E-state index contributed by atoms with van der Waals surface area (Å²) in [6, 6.07) is 0. The molecule has 0 aliphatic heterocycles. The average Bonchev–Trinajstić information content (AvgIpc) is 2.32. The first kappa shape index (κ1) is 17.9. The molecular formula is C15H33NO2. The second kappa shape index (κ2) is 13.3. The van der Waals surface area contributed by atoms with E-state index in [9.17, 15) is 0 Å². The number of rotatable bonds is 13. The highest BCUT2D eigenvalue weighted by Gasteiger charge is 2.06. The van der Waals surface area contributed by atoms with E-state index in [4.69, 9.17) is 9.47 Å². The van der Waals surface area contributed by atoms with Crippen LogP contribution in [0.3, 0.4) is 0 Å². The fourth-order valence-corrected chi connectivity index (χ4v) is 1.91. The molecule has 0 aromatic carbocycles. The summed E-state index contributed by atoms with van der Waals surface area (Å²) in [5, 5.41) is 3.40. The lowest BCUT2D eigenvalue weighted by molar-refractivity contribution is -0.132. The van der Waals surface area contributed by atoms with Crippen molar-refractivity contribution >= 4 is 0 Å². The molecule has 0 aromatic rings. The van der Waals surface area contributed by atoms with Crippen molar-refractivity contribution in [3.63, 3.8) is 0 Å². The van der Waals surface area contributed by atoms with Crippen LogP contribution in [0.1, 0.15) is 59.8 Å². The maximum atomic E-state index is 5.47. The molecule has 0 rings (SSSR count). The van der Waals surface area contributed by atoms with Crippen LogP contribution in [0.25, 0.3) is 0 Å². The van der Waals surface area contributed by atoms with Gasteiger partial charge in [-0.2, -0.15) is 0 Å². The summed E-state index contributed by atoms with van der Waals surface area (Å²) in [7, 11) is 0. The molecule has 0 amide bonds. The maximum absolute atomic E-state index is 5.47. The monoisotopic (exact) mass is 259 g/mol. The Kier molecular flexibility index (Phi) is 13.2. The zero-order valence-electron chi connectivity index (χ0n) is 12.8. The third kappa shape index (κ3) is 12.3. The van der Waals surface area contributed by atoms with Crippen LogP contribution < -0.4 is 5.32 Å². The summed E-state index contributed by atoms with van der Waals surface area (Å²) in [5.41, 5.74) is 0. The molecule has 1 N–H and O–H groups in total. The molecule has 18 heavy (non-hydrogen) atoms. The molecule has 0 unspecified atom stereocenters. The summed E-state index contributed by atoms with van der Waals surface area (Å²) in [4.78, 5) is 0. The van der Waals surface area contributed by atoms with Crippen LogP contribution in [0.4, 0.5) is 0 Å². The van der Waals surface area contributed by atoms with Gasteiger partial charge in [-0.05, 0) is 32.7 Å². The normalized spacial score (nSPS) is 11.7. The van der Waals surface area contributed by atoms with Gasteiger partial charge in [-0.15, -0.1) is 0 Å². The van der Waals surface area contributed by atoms with E-state index in [1.165, 1.54) is 32.1 Å². The highest BCUT2D eigenvalue weighted by atomic mass is 16.7. The van der Waals surface area contributed by atoms with Crippen molar-refractivity contribution < 1.29 is 9.47 Å².